The summed E-state index contributed by atoms with van der Waals surface area (Å²) in [7, 11) is -5.21. The van der Waals surface area contributed by atoms with Gasteiger partial charge in [-0.05, 0) is 29.8 Å². The van der Waals surface area contributed by atoms with E-state index in [1.54, 1.807) is 0 Å². The van der Waals surface area contributed by atoms with Crippen LogP contribution in [0.4, 0.5) is 4.39 Å². The number of halogens is 1. The van der Waals surface area contributed by atoms with E-state index in [1.165, 1.54) is 0 Å². The topological polar surface area (TPSA) is 133 Å². The standard InChI is InChI=1S/C18H14FNO7S/c19-13-7-1-10(2-8-13)9-28(24,25)27-16-14(21)15(26-17(16)20)11-3-5-12(6-4-11)18(22)23/h1-8,15H,9,20H2,(H,22,23)/t15-/m0/s1/i9D2,15D. The number of nitrogens with two attached hydrogens (primary N) is 1. The Labute approximate surface area is 163 Å². The van der Waals surface area contributed by atoms with Crippen molar-refractivity contribution in [1.29, 1.82) is 0 Å². The molecular weight excluding hydrogens is 393 g/mol. The van der Waals surface area contributed by atoms with E-state index in [-0.39, 0.29) is 11.1 Å². The van der Waals surface area contributed by atoms with Gasteiger partial charge in [-0.2, -0.15) is 8.42 Å². The van der Waals surface area contributed by atoms with Crippen molar-refractivity contribution in [2.75, 3.05) is 0 Å². The first-order chi connectivity index (χ1) is 14.3. The summed E-state index contributed by atoms with van der Waals surface area (Å²) in [6.07, 6.45) is -2.57. The van der Waals surface area contributed by atoms with Gasteiger partial charge in [0.1, 0.15) is 11.5 Å². The van der Waals surface area contributed by atoms with Gasteiger partial charge in [0.2, 0.25) is 17.4 Å². The van der Waals surface area contributed by atoms with Crippen LogP contribution in [0.5, 0.6) is 0 Å². The lowest BCUT2D eigenvalue weighted by molar-refractivity contribution is -0.123. The maximum absolute atomic E-state index is 13.1. The predicted octanol–water partition coefficient (Wildman–Crippen LogP) is 1.84. The van der Waals surface area contributed by atoms with E-state index >= 15 is 0 Å². The molecule has 28 heavy (non-hydrogen) atoms. The second kappa shape index (κ2) is 7.31. The van der Waals surface area contributed by atoms with Crippen LogP contribution in [-0.2, 0) is 29.5 Å². The number of carbonyl (C=O) groups excluding carboxylic acids is 1. The van der Waals surface area contributed by atoms with Gasteiger partial charge in [-0.15, -0.1) is 0 Å². The van der Waals surface area contributed by atoms with E-state index in [9.17, 15) is 22.4 Å². The Morgan fingerprint density at radius 1 is 1.25 bits per heavy atom. The van der Waals surface area contributed by atoms with E-state index in [0.29, 0.717) is 0 Å². The van der Waals surface area contributed by atoms with Crippen LogP contribution in [0.3, 0.4) is 0 Å². The molecule has 1 aliphatic heterocycles. The maximum atomic E-state index is 13.1. The smallest absolute Gasteiger partial charge is 0.335 e. The third kappa shape index (κ3) is 4.12. The minimum atomic E-state index is -5.21. The zero-order chi connectivity index (χ0) is 23.2. The fourth-order valence-electron chi connectivity index (χ4n) is 2.24. The third-order valence-electron chi connectivity index (χ3n) is 3.52. The van der Waals surface area contributed by atoms with Crippen LogP contribution in [-0.4, -0.2) is 25.3 Å². The first-order valence-corrected chi connectivity index (χ1v) is 8.98. The molecule has 0 unspecified atom stereocenters. The highest BCUT2D eigenvalue weighted by atomic mass is 32.2. The highest BCUT2D eigenvalue weighted by Gasteiger charge is 2.39. The normalized spacial score (nSPS) is 21.5. The summed E-state index contributed by atoms with van der Waals surface area (Å²) in [5.74, 6) is -5.30. The van der Waals surface area contributed by atoms with Gasteiger partial charge in [0.25, 0.3) is 0 Å². The zero-order valence-corrected chi connectivity index (χ0v) is 14.7. The number of ketones is 1. The first kappa shape index (κ1) is 15.6. The molecule has 8 nitrogen and oxygen atoms in total. The minimum absolute atomic E-state index is 0.134. The summed E-state index contributed by atoms with van der Waals surface area (Å²) in [4.78, 5) is 23.7. The number of benzene rings is 2. The summed E-state index contributed by atoms with van der Waals surface area (Å²) in [6.45, 7) is 0. The monoisotopic (exact) mass is 410 g/mol. The molecule has 0 fully saturated rings. The average molecular weight is 410 g/mol. The van der Waals surface area contributed by atoms with Crippen LogP contribution in [0.1, 0.15) is 31.7 Å². The highest BCUT2D eigenvalue weighted by molar-refractivity contribution is 7.86. The summed E-state index contributed by atoms with van der Waals surface area (Å²) >= 11 is 0. The Morgan fingerprint density at radius 3 is 2.43 bits per heavy atom. The minimum Gasteiger partial charge on any atom is -0.478 e. The lowest BCUT2D eigenvalue weighted by Crippen LogP contribution is -2.16. The molecule has 10 heteroatoms. The van der Waals surface area contributed by atoms with Crippen molar-refractivity contribution >= 4 is 21.9 Å². The summed E-state index contributed by atoms with van der Waals surface area (Å²) in [5.41, 5.74) is 1.56. The van der Waals surface area contributed by atoms with Crippen LogP contribution in [0.2, 0.25) is 0 Å². The Kier molecular flexibility index (Phi) is 4.08. The van der Waals surface area contributed by atoms with Gasteiger partial charge in [0.05, 0.1) is 9.68 Å². The summed E-state index contributed by atoms with van der Waals surface area (Å²) < 4.78 is 71.8. The Balaban J connectivity index is 1.91. The molecule has 0 radical (unpaired) electrons. The number of carbonyl (C=O) groups is 2. The Bertz CT molecular complexity index is 1200. The lowest BCUT2D eigenvalue weighted by atomic mass is 10.0. The molecule has 1 atom stereocenters. The number of ether oxygens (including phenoxy) is 1. The number of rotatable bonds is 6. The van der Waals surface area contributed by atoms with Crippen molar-refractivity contribution < 1.29 is 40.5 Å². The van der Waals surface area contributed by atoms with Crippen molar-refractivity contribution in [3.8, 4) is 0 Å². The van der Waals surface area contributed by atoms with Gasteiger partial charge in [-0.3, -0.25) is 4.79 Å². The second-order valence-corrected chi connectivity index (χ2v) is 6.76. The summed E-state index contributed by atoms with van der Waals surface area (Å²) in [6, 6.07) is 7.88. The van der Waals surface area contributed by atoms with Gasteiger partial charge in [0, 0.05) is 5.56 Å². The third-order valence-corrected chi connectivity index (χ3v) is 4.39. The van der Waals surface area contributed by atoms with Crippen molar-refractivity contribution in [2.24, 2.45) is 5.73 Å². The SMILES string of the molecule is [2H]C([2H])(c1ccc(F)cc1)S(=O)(=O)OC1=C(N)O[C@@]([2H])(c2ccc(C(=O)O)cc2)C1=O. The largest absolute Gasteiger partial charge is 0.478 e. The average Bonchev–Trinajstić information content (AvgIpc) is 2.92. The molecule has 0 amide bonds. The molecule has 1 heterocycles. The predicted molar refractivity (Wildman–Crippen MR) is 93.6 cm³/mol. The molecule has 2 aromatic rings. The van der Waals surface area contributed by atoms with Crippen LogP contribution in [0, 0.1) is 5.82 Å². The molecule has 0 aliphatic carbocycles. The van der Waals surface area contributed by atoms with Gasteiger partial charge in [-0.1, -0.05) is 24.3 Å². The van der Waals surface area contributed by atoms with Crippen molar-refractivity contribution in [2.45, 2.75) is 11.8 Å². The molecule has 0 aromatic heterocycles. The van der Waals surface area contributed by atoms with Crippen LogP contribution < -0.4 is 5.73 Å². The van der Waals surface area contributed by atoms with Crippen molar-refractivity contribution in [3.05, 3.63) is 82.7 Å². The Morgan fingerprint density at radius 2 is 1.86 bits per heavy atom. The molecular formula is C18H14FNO7S. The quantitative estimate of drug-likeness (QED) is 0.689. The molecule has 0 bridgehead atoms. The number of carboxylic acids is 1. The van der Waals surface area contributed by atoms with E-state index in [4.69, 9.17) is 19.7 Å². The molecule has 1 aliphatic rings. The lowest BCUT2D eigenvalue weighted by Gasteiger charge is -2.10. The van der Waals surface area contributed by atoms with Gasteiger partial charge >= 0.3 is 16.1 Å². The molecule has 146 valence electrons. The van der Waals surface area contributed by atoms with E-state index in [0.717, 1.165) is 48.5 Å². The molecule has 0 saturated heterocycles. The number of hydrogen-bond acceptors (Lipinski definition) is 7. The van der Waals surface area contributed by atoms with Crippen LogP contribution in [0.15, 0.2) is 60.2 Å². The Hall–Kier alpha value is -3.40. The molecule has 3 rings (SSSR count). The first-order valence-electron chi connectivity index (χ1n) is 9.07. The number of Topliss-reactive ketones (excluding diaryl/α,β-unsaturated/α-hetero) is 1. The molecule has 0 saturated carbocycles. The fraction of sp³-hybridized carbons (Fsp3) is 0.111. The van der Waals surface area contributed by atoms with Gasteiger partial charge < -0.3 is 19.8 Å². The fourth-order valence-corrected chi connectivity index (χ4v) is 3.09. The van der Waals surface area contributed by atoms with Crippen molar-refractivity contribution in [1.82, 2.24) is 0 Å². The highest BCUT2D eigenvalue weighted by Crippen LogP contribution is 2.32. The van der Waals surface area contributed by atoms with E-state index in [2.05, 4.69) is 4.18 Å². The number of hydrogen-bond donors (Lipinski definition) is 2. The number of aromatic carboxylic acids is 1. The molecule has 3 N–H and O–H groups in total. The van der Waals surface area contributed by atoms with E-state index in [1.807, 2.05) is 0 Å². The maximum Gasteiger partial charge on any atom is 0.335 e. The molecule has 2 aromatic carbocycles. The van der Waals surface area contributed by atoms with Crippen molar-refractivity contribution in [3.63, 3.8) is 0 Å². The summed E-state index contributed by atoms with van der Waals surface area (Å²) in [5, 5.41) is 8.94. The van der Waals surface area contributed by atoms with Crippen LogP contribution >= 0.6 is 0 Å². The van der Waals surface area contributed by atoms with Crippen LogP contribution in [0.25, 0.3) is 0 Å². The number of carboxylic acid groups (broad SMARTS) is 1. The second-order valence-electron chi connectivity index (χ2n) is 5.48. The van der Waals surface area contributed by atoms with Gasteiger partial charge in [-0.25, -0.2) is 9.18 Å². The van der Waals surface area contributed by atoms with Gasteiger partial charge in [0.15, 0.2) is 6.08 Å². The zero-order valence-electron chi connectivity index (χ0n) is 16.9. The van der Waals surface area contributed by atoms with E-state index < -0.39 is 56.7 Å². The molecule has 0 spiro atoms.